The van der Waals surface area contributed by atoms with E-state index >= 15 is 0 Å². The monoisotopic (exact) mass is 366 g/mol. The highest BCUT2D eigenvalue weighted by Gasteiger charge is 2.24. The predicted molar refractivity (Wildman–Crippen MR) is 107 cm³/mol. The van der Waals surface area contributed by atoms with Crippen LogP contribution in [0.4, 0.5) is 0 Å². The molecule has 1 saturated heterocycles. The number of aliphatic hydroxyl groups is 1. The molecule has 6 heteroatoms. The average Bonchev–Trinajstić information content (AvgIpc) is 3.12. The maximum Gasteiger partial charge on any atom is 0.191 e. The Morgan fingerprint density at radius 2 is 2.32 bits per heavy atom. The first-order chi connectivity index (χ1) is 11.9. The topological polar surface area (TPSA) is 59.9 Å². The lowest BCUT2D eigenvalue weighted by Crippen LogP contribution is -2.48. The summed E-state index contributed by atoms with van der Waals surface area (Å²) in [6.07, 6.45) is 2.64. The van der Waals surface area contributed by atoms with Crippen molar-refractivity contribution in [1.29, 1.82) is 0 Å². The van der Waals surface area contributed by atoms with Crippen molar-refractivity contribution < 1.29 is 5.11 Å². The quantitative estimate of drug-likeness (QED) is 0.513. The van der Waals surface area contributed by atoms with E-state index in [4.69, 9.17) is 0 Å². The maximum atomic E-state index is 10.6. The lowest BCUT2D eigenvalue weighted by Gasteiger charge is -2.35. The molecule has 1 fully saturated rings. The fraction of sp³-hybridized carbons (Fsp3) is 0.737. The molecule has 2 rings (SSSR count). The minimum absolute atomic E-state index is 0.341. The number of likely N-dealkylation sites (tertiary alicyclic amines) is 1. The summed E-state index contributed by atoms with van der Waals surface area (Å²) in [5.41, 5.74) is -0.0104. The third-order valence-corrected chi connectivity index (χ3v) is 5.59. The Labute approximate surface area is 156 Å². The van der Waals surface area contributed by atoms with Crippen LogP contribution >= 0.6 is 11.3 Å². The molecule has 1 aliphatic heterocycles. The molecule has 2 heterocycles. The van der Waals surface area contributed by atoms with E-state index in [1.54, 1.807) is 11.3 Å². The van der Waals surface area contributed by atoms with Gasteiger partial charge in [0.2, 0.25) is 0 Å². The van der Waals surface area contributed by atoms with Crippen LogP contribution in [-0.2, 0) is 5.60 Å². The smallest absolute Gasteiger partial charge is 0.191 e. The SMILES string of the molecule is CCNC(=NCC(C)(O)c1ccsc1)NCC(C)N1CCCC(C)C1. The van der Waals surface area contributed by atoms with Crippen molar-refractivity contribution in [2.45, 2.75) is 52.2 Å². The van der Waals surface area contributed by atoms with Crippen LogP contribution in [0.15, 0.2) is 21.8 Å². The predicted octanol–water partition coefficient (Wildman–Crippen LogP) is 2.63. The van der Waals surface area contributed by atoms with Gasteiger partial charge in [0, 0.05) is 25.7 Å². The van der Waals surface area contributed by atoms with Crippen molar-refractivity contribution in [3.05, 3.63) is 22.4 Å². The summed E-state index contributed by atoms with van der Waals surface area (Å²) in [6.45, 7) is 12.9. The first kappa shape index (κ1) is 20.2. The second-order valence-corrected chi connectivity index (χ2v) is 8.23. The molecule has 0 saturated carbocycles. The first-order valence-corrected chi connectivity index (χ1v) is 10.4. The van der Waals surface area contributed by atoms with Gasteiger partial charge < -0.3 is 15.7 Å². The van der Waals surface area contributed by atoms with Crippen LogP contribution in [-0.4, -0.2) is 54.7 Å². The molecule has 0 aliphatic carbocycles. The summed E-state index contributed by atoms with van der Waals surface area (Å²) >= 11 is 1.60. The number of rotatable bonds is 7. The van der Waals surface area contributed by atoms with E-state index in [-0.39, 0.29) is 0 Å². The van der Waals surface area contributed by atoms with Gasteiger partial charge in [-0.3, -0.25) is 4.90 Å². The Morgan fingerprint density at radius 3 is 2.96 bits per heavy atom. The summed E-state index contributed by atoms with van der Waals surface area (Å²) in [5, 5.41) is 21.3. The highest BCUT2D eigenvalue weighted by atomic mass is 32.1. The zero-order valence-electron chi connectivity index (χ0n) is 16.1. The summed E-state index contributed by atoms with van der Waals surface area (Å²) < 4.78 is 0. The van der Waals surface area contributed by atoms with Crippen molar-refractivity contribution in [3.63, 3.8) is 0 Å². The minimum Gasteiger partial charge on any atom is -0.383 e. The third-order valence-electron chi connectivity index (χ3n) is 4.91. The van der Waals surface area contributed by atoms with Crippen LogP contribution in [0.5, 0.6) is 0 Å². The number of nitrogens with zero attached hydrogens (tertiary/aromatic N) is 2. The van der Waals surface area contributed by atoms with Gasteiger partial charge in [0.25, 0.3) is 0 Å². The number of guanidine groups is 1. The van der Waals surface area contributed by atoms with Crippen molar-refractivity contribution in [1.82, 2.24) is 15.5 Å². The lowest BCUT2D eigenvalue weighted by molar-refractivity contribution is 0.0677. The van der Waals surface area contributed by atoms with Crippen molar-refractivity contribution >= 4 is 17.3 Å². The molecular weight excluding hydrogens is 332 g/mol. The first-order valence-electron chi connectivity index (χ1n) is 9.43. The maximum absolute atomic E-state index is 10.6. The van der Waals surface area contributed by atoms with E-state index in [0.29, 0.717) is 12.6 Å². The van der Waals surface area contributed by atoms with Gasteiger partial charge in [-0.25, -0.2) is 4.99 Å². The molecule has 5 nitrogen and oxygen atoms in total. The second kappa shape index (κ2) is 9.55. The zero-order valence-corrected chi connectivity index (χ0v) is 16.9. The Kier molecular flexibility index (Phi) is 7.72. The highest BCUT2D eigenvalue weighted by molar-refractivity contribution is 7.08. The fourth-order valence-corrected chi connectivity index (χ4v) is 4.02. The Morgan fingerprint density at radius 1 is 1.52 bits per heavy atom. The normalized spacial score (nSPS) is 23.1. The molecule has 0 aromatic carbocycles. The minimum atomic E-state index is -0.934. The second-order valence-electron chi connectivity index (χ2n) is 7.45. The van der Waals surface area contributed by atoms with Crippen LogP contribution in [0.2, 0.25) is 0 Å². The number of nitrogens with one attached hydrogen (secondary N) is 2. The lowest BCUT2D eigenvalue weighted by atomic mass is 9.99. The van der Waals surface area contributed by atoms with Gasteiger partial charge in [0.1, 0.15) is 5.60 Å². The molecule has 0 radical (unpaired) electrons. The van der Waals surface area contributed by atoms with Gasteiger partial charge in [-0.1, -0.05) is 6.92 Å². The van der Waals surface area contributed by atoms with E-state index in [0.717, 1.165) is 30.5 Å². The Bertz CT molecular complexity index is 530. The van der Waals surface area contributed by atoms with Gasteiger partial charge in [-0.15, -0.1) is 0 Å². The van der Waals surface area contributed by atoms with E-state index in [1.165, 1.54) is 25.9 Å². The zero-order chi connectivity index (χ0) is 18.3. The fourth-order valence-electron chi connectivity index (χ4n) is 3.24. The van der Waals surface area contributed by atoms with Gasteiger partial charge in [-0.05, 0) is 68.5 Å². The summed E-state index contributed by atoms with van der Waals surface area (Å²) in [7, 11) is 0. The molecule has 0 amide bonds. The molecule has 1 aromatic rings. The number of aliphatic imine (C=N–C) groups is 1. The summed E-state index contributed by atoms with van der Waals surface area (Å²) in [5.74, 6) is 1.56. The number of hydrogen-bond donors (Lipinski definition) is 3. The summed E-state index contributed by atoms with van der Waals surface area (Å²) in [6, 6.07) is 2.43. The van der Waals surface area contributed by atoms with Crippen LogP contribution in [0.25, 0.3) is 0 Å². The number of hydrogen-bond acceptors (Lipinski definition) is 4. The molecule has 1 aromatic heterocycles. The Hall–Kier alpha value is -1.11. The standard InChI is InChI=1S/C19H34N4OS/c1-5-20-18(22-14-19(4,24)17-8-10-25-13-17)21-11-16(3)23-9-6-7-15(2)12-23/h8,10,13,15-16,24H,5-7,9,11-12,14H2,1-4H3,(H2,20,21,22). The van der Waals surface area contributed by atoms with Crippen molar-refractivity contribution in [2.24, 2.45) is 10.9 Å². The molecule has 0 spiro atoms. The third kappa shape index (κ3) is 6.28. The molecule has 3 atom stereocenters. The molecule has 3 N–H and O–H groups in total. The summed E-state index contributed by atoms with van der Waals surface area (Å²) in [4.78, 5) is 7.17. The molecule has 3 unspecified atom stereocenters. The van der Waals surface area contributed by atoms with E-state index in [9.17, 15) is 5.11 Å². The Balaban J connectivity index is 1.89. The largest absolute Gasteiger partial charge is 0.383 e. The van der Waals surface area contributed by atoms with Gasteiger partial charge in [0.05, 0.1) is 6.54 Å². The molecule has 142 valence electrons. The molecule has 0 bridgehead atoms. The van der Waals surface area contributed by atoms with Crippen LogP contribution in [0.3, 0.4) is 0 Å². The van der Waals surface area contributed by atoms with Crippen LogP contribution < -0.4 is 10.6 Å². The molecule has 25 heavy (non-hydrogen) atoms. The average molecular weight is 367 g/mol. The van der Waals surface area contributed by atoms with Crippen LogP contribution in [0, 0.1) is 5.92 Å². The van der Waals surface area contributed by atoms with Crippen LogP contribution in [0.1, 0.15) is 46.1 Å². The number of thiophene rings is 1. The van der Waals surface area contributed by atoms with E-state index < -0.39 is 5.60 Å². The van der Waals surface area contributed by atoms with Gasteiger partial charge in [-0.2, -0.15) is 11.3 Å². The van der Waals surface area contributed by atoms with E-state index in [1.807, 2.05) is 23.8 Å². The molecular formula is C19H34N4OS. The van der Waals surface area contributed by atoms with E-state index in [2.05, 4.69) is 41.3 Å². The number of piperidine rings is 1. The van der Waals surface area contributed by atoms with Crippen molar-refractivity contribution in [3.8, 4) is 0 Å². The van der Waals surface area contributed by atoms with Crippen molar-refractivity contribution in [2.75, 3.05) is 32.7 Å². The van der Waals surface area contributed by atoms with Gasteiger partial charge in [0.15, 0.2) is 5.96 Å². The van der Waals surface area contributed by atoms with Gasteiger partial charge >= 0.3 is 0 Å². The highest BCUT2D eigenvalue weighted by Crippen LogP contribution is 2.23. The molecule has 1 aliphatic rings.